The molecule has 168 valence electrons. The molecule has 1 amide bonds. The van der Waals surface area contributed by atoms with E-state index in [1.807, 2.05) is 44.4 Å². The van der Waals surface area contributed by atoms with Crippen LogP contribution in [0.3, 0.4) is 0 Å². The van der Waals surface area contributed by atoms with Crippen LogP contribution < -0.4 is 10.2 Å². The van der Waals surface area contributed by atoms with Gasteiger partial charge in [0, 0.05) is 29.1 Å². The summed E-state index contributed by atoms with van der Waals surface area (Å²) in [6.45, 7) is 7.49. The molecule has 0 spiro atoms. The van der Waals surface area contributed by atoms with Gasteiger partial charge in [-0.25, -0.2) is 9.97 Å². The van der Waals surface area contributed by atoms with Gasteiger partial charge in [0.1, 0.15) is 5.82 Å². The van der Waals surface area contributed by atoms with Crippen molar-refractivity contribution in [2.75, 3.05) is 23.3 Å². The molecule has 3 aromatic rings. The molecule has 3 heterocycles. The van der Waals surface area contributed by atoms with E-state index in [-0.39, 0.29) is 5.91 Å². The van der Waals surface area contributed by atoms with Crippen LogP contribution >= 0.6 is 22.9 Å². The molecule has 6 nitrogen and oxygen atoms in total. The molecule has 8 heteroatoms. The Morgan fingerprint density at radius 1 is 1.25 bits per heavy atom. The van der Waals surface area contributed by atoms with Crippen LogP contribution in [-0.4, -0.2) is 39.7 Å². The van der Waals surface area contributed by atoms with E-state index >= 15 is 0 Å². The summed E-state index contributed by atoms with van der Waals surface area (Å²) in [5.74, 6) is 0.973. The number of benzene rings is 1. The number of aromatic nitrogens is 2. The number of pyridine rings is 1. The minimum Gasteiger partial charge on any atom is -0.390 e. The van der Waals surface area contributed by atoms with Gasteiger partial charge in [-0.1, -0.05) is 23.7 Å². The van der Waals surface area contributed by atoms with Gasteiger partial charge in [-0.2, -0.15) is 0 Å². The molecular formula is C24H27ClN4O2S. The zero-order chi connectivity index (χ0) is 22.9. The maximum absolute atomic E-state index is 12.7. The van der Waals surface area contributed by atoms with Crippen molar-refractivity contribution in [3.8, 4) is 11.3 Å². The van der Waals surface area contributed by atoms with E-state index in [0.29, 0.717) is 21.6 Å². The second kappa shape index (κ2) is 9.17. The van der Waals surface area contributed by atoms with Gasteiger partial charge >= 0.3 is 0 Å². The summed E-state index contributed by atoms with van der Waals surface area (Å²) >= 11 is 7.24. The highest BCUT2D eigenvalue weighted by atomic mass is 35.5. The Hall–Kier alpha value is -2.48. The molecule has 32 heavy (non-hydrogen) atoms. The molecule has 0 aliphatic carbocycles. The minimum absolute atomic E-state index is 0.254. The van der Waals surface area contributed by atoms with Crippen molar-refractivity contribution in [2.45, 2.75) is 39.2 Å². The minimum atomic E-state index is -0.647. The van der Waals surface area contributed by atoms with Crippen molar-refractivity contribution >= 4 is 40.4 Å². The molecular weight excluding hydrogens is 444 g/mol. The van der Waals surface area contributed by atoms with E-state index in [1.165, 1.54) is 11.3 Å². The fraction of sp³-hybridized carbons (Fsp3) is 0.375. The van der Waals surface area contributed by atoms with E-state index in [9.17, 15) is 9.90 Å². The third kappa shape index (κ3) is 5.11. The van der Waals surface area contributed by atoms with Gasteiger partial charge < -0.3 is 15.3 Å². The highest BCUT2D eigenvalue weighted by molar-refractivity contribution is 7.12. The number of carbonyl (C=O) groups excluding carboxylic acids is 1. The van der Waals surface area contributed by atoms with Gasteiger partial charge in [0.05, 0.1) is 23.2 Å². The Morgan fingerprint density at radius 2 is 1.94 bits per heavy atom. The zero-order valence-corrected chi connectivity index (χ0v) is 20.0. The molecule has 1 aliphatic heterocycles. The summed E-state index contributed by atoms with van der Waals surface area (Å²) in [5, 5.41) is 16.1. The molecule has 1 aliphatic rings. The Kier molecular flexibility index (Phi) is 6.51. The number of hydrogen-bond donors (Lipinski definition) is 2. The topological polar surface area (TPSA) is 78.4 Å². The third-order valence-corrected chi connectivity index (χ3v) is 7.03. The van der Waals surface area contributed by atoms with E-state index in [4.69, 9.17) is 11.6 Å². The van der Waals surface area contributed by atoms with E-state index in [2.05, 4.69) is 20.2 Å². The quantitative estimate of drug-likeness (QED) is 0.521. The van der Waals surface area contributed by atoms with Crippen molar-refractivity contribution in [1.82, 2.24) is 9.97 Å². The summed E-state index contributed by atoms with van der Waals surface area (Å²) in [5.41, 5.74) is 2.67. The number of amides is 1. The number of aliphatic hydroxyl groups is 1. The standard InChI is InChI=1S/C24H27ClN4O2S/c1-15-12-19(13-26-21(15)29-10-8-17(9-11-29)24(2,3)31)27-22(30)23-28-20(14-32-23)16-4-6-18(25)7-5-16/h4-7,12-14,17,31H,8-11H2,1-3H3,(H,27,30). The molecule has 0 atom stereocenters. The fourth-order valence-electron chi connectivity index (χ4n) is 4.08. The predicted molar refractivity (Wildman–Crippen MR) is 131 cm³/mol. The summed E-state index contributed by atoms with van der Waals surface area (Å²) in [4.78, 5) is 24.0. The van der Waals surface area contributed by atoms with Gasteiger partial charge in [-0.05, 0) is 63.3 Å². The molecule has 2 N–H and O–H groups in total. The largest absolute Gasteiger partial charge is 0.390 e. The molecule has 4 rings (SSSR count). The van der Waals surface area contributed by atoms with Gasteiger partial charge in [0.25, 0.3) is 5.91 Å². The van der Waals surface area contributed by atoms with Crippen molar-refractivity contribution in [3.63, 3.8) is 0 Å². The molecule has 1 aromatic carbocycles. The second-order valence-corrected chi connectivity index (χ2v) is 10.1. The van der Waals surface area contributed by atoms with Crippen LogP contribution in [-0.2, 0) is 0 Å². The predicted octanol–water partition coefficient (Wildman–Crippen LogP) is 5.41. The average molecular weight is 471 g/mol. The fourth-order valence-corrected chi connectivity index (χ4v) is 4.93. The zero-order valence-electron chi connectivity index (χ0n) is 18.4. The van der Waals surface area contributed by atoms with Crippen LogP contribution in [0.15, 0.2) is 41.9 Å². The van der Waals surface area contributed by atoms with Crippen LogP contribution in [0.1, 0.15) is 42.1 Å². The SMILES string of the molecule is Cc1cc(NC(=O)c2nc(-c3ccc(Cl)cc3)cs2)cnc1N1CCC(C(C)(C)O)CC1. The van der Waals surface area contributed by atoms with Crippen LogP contribution in [0.2, 0.25) is 5.02 Å². The number of aryl methyl sites for hydroxylation is 1. The number of rotatable bonds is 5. The first kappa shape index (κ1) is 22.7. The van der Waals surface area contributed by atoms with Crippen molar-refractivity contribution in [1.29, 1.82) is 0 Å². The van der Waals surface area contributed by atoms with Gasteiger partial charge in [-0.15, -0.1) is 11.3 Å². The third-order valence-electron chi connectivity index (χ3n) is 5.94. The van der Waals surface area contributed by atoms with E-state index < -0.39 is 5.60 Å². The first-order valence-electron chi connectivity index (χ1n) is 10.7. The van der Waals surface area contributed by atoms with Crippen LogP contribution in [0.25, 0.3) is 11.3 Å². The first-order chi connectivity index (χ1) is 15.2. The second-order valence-electron chi connectivity index (χ2n) is 8.78. The normalized spacial score (nSPS) is 15.1. The lowest BCUT2D eigenvalue weighted by Crippen LogP contribution is -2.42. The molecule has 1 fully saturated rings. The average Bonchev–Trinajstić information content (AvgIpc) is 3.24. The first-order valence-corrected chi connectivity index (χ1v) is 11.9. The summed E-state index contributed by atoms with van der Waals surface area (Å²) in [6, 6.07) is 9.32. The number of piperidine rings is 1. The maximum atomic E-state index is 12.7. The van der Waals surface area contributed by atoms with Crippen LogP contribution in [0, 0.1) is 12.8 Å². The van der Waals surface area contributed by atoms with Crippen molar-refractivity contribution in [2.24, 2.45) is 5.92 Å². The summed E-state index contributed by atoms with van der Waals surface area (Å²) < 4.78 is 0. The van der Waals surface area contributed by atoms with Gasteiger partial charge in [0.2, 0.25) is 0 Å². The summed E-state index contributed by atoms with van der Waals surface area (Å²) in [7, 11) is 0. The summed E-state index contributed by atoms with van der Waals surface area (Å²) in [6.07, 6.45) is 3.56. The lowest BCUT2D eigenvalue weighted by molar-refractivity contribution is 0.00645. The molecule has 0 saturated carbocycles. The number of nitrogens with zero attached hydrogens (tertiary/aromatic N) is 3. The smallest absolute Gasteiger partial charge is 0.284 e. The molecule has 1 saturated heterocycles. The number of nitrogens with one attached hydrogen (secondary N) is 1. The molecule has 0 unspecified atom stereocenters. The van der Waals surface area contributed by atoms with E-state index in [1.54, 1.807) is 18.3 Å². The Balaban J connectivity index is 1.41. The lowest BCUT2D eigenvalue weighted by atomic mass is 9.83. The van der Waals surface area contributed by atoms with E-state index in [0.717, 1.165) is 48.6 Å². The van der Waals surface area contributed by atoms with Crippen LogP contribution in [0.4, 0.5) is 11.5 Å². The monoisotopic (exact) mass is 470 g/mol. The number of thiazole rings is 1. The van der Waals surface area contributed by atoms with Crippen LogP contribution in [0.5, 0.6) is 0 Å². The van der Waals surface area contributed by atoms with Crippen molar-refractivity contribution in [3.05, 3.63) is 57.5 Å². The highest BCUT2D eigenvalue weighted by Crippen LogP contribution is 2.31. The molecule has 0 radical (unpaired) electrons. The van der Waals surface area contributed by atoms with Gasteiger partial charge in [-0.3, -0.25) is 4.79 Å². The number of anilines is 2. The Labute approximate surface area is 197 Å². The molecule has 2 aromatic heterocycles. The molecule has 0 bridgehead atoms. The Morgan fingerprint density at radius 3 is 2.56 bits per heavy atom. The number of hydrogen-bond acceptors (Lipinski definition) is 6. The van der Waals surface area contributed by atoms with Crippen molar-refractivity contribution < 1.29 is 9.90 Å². The highest BCUT2D eigenvalue weighted by Gasteiger charge is 2.31. The maximum Gasteiger partial charge on any atom is 0.284 e. The Bertz CT molecular complexity index is 1100. The number of carbonyl (C=O) groups is 1. The number of halogens is 1. The van der Waals surface area contributed by atoms with Gasteiger partial charge in [0.15, 0.2) is 5.01 Å². The lowest BCUT2D eigenvalue weighted by Gasteiger charge is -2.38.